The van der Waals surface area contributed by atoms with Crippen LogP contribution in [0.25, 0.3) is 0 Å². The quantitative estimate of drug-likeness (QED) is 0.748. The number of rotatable bonds is 5. The van der Waals surface area contributed by atoms with E-state index < -0.39 is 0 Å². The average molecular weight is 219 g/mol. The first kappa shape index (κ1) is 9.94. The Morgan fingerprint density at radius 2 is 1.88 bits per heavy atom. The van der Waals surface area contributed by atoms with Crippen LogP contribution in [0.1, 0.15) is 51.4 Å². The lowest BCUT2D eigenvalue weighted by atomic mass is 9.88. The number of hydrogen-bond acceptors (Lipinski definition) is 1. The Morgan fingerprint density at radius 3 is 2.44 bits per heavy atom. The van der Waals surface area contributed by atoms with Crippen LogP contribution in [0.2, 0.25) is 0 Å². The van der Waals surface area contributed by atoms with Crippen molar-refractivity contribution >= 4 is 0 Å². The summed E-state index contributed by atoms with van der Waals surface area (Å²) >= 11 is 0. The van der Waals surface area contributed by atoms with Crippen LogP contribution in [0.3, 0.4) is 0 Å². The van der Waals surface area contributed by atoms with Crippen molar-refractivity contribution in [3.63, 3.8) is 0 Å². The van der Waals surface area contributed by atoms with Crippen molar-refractivity contribution in [3.8, 4) is 0 Å². The molecule has 0 aromatic heterocycles. The van der Waals surface area contributed by atoms with Crippen LogP contribution in [0.15, 0.2) is 0 Å². The number of nitrogens with one attached hydrogen (secondary N) is 1. The van der Waals surface area contributed by atoms with E-state index in [1.54, 1.807) is 25.7 Å². The Labute approximate surface area is 99.4 Å². The Bertz CT molecular complexity index is 277. The highest BCUT2D eigenvalue weighted by Gasteiger charge is 2.53. The zero-order valence-corrected chi connectivity index (χ0v) is 10.4. The Balaban J connectivity index is 1.24. The molecule has 3 atom stereocenters. The van der Waals surface area contributed by atoms with E-state index in [2.05, 4.69) is 5.32 Å². The zero-order chi connectivity index (χ0) is 10.6. The van der Waals surface area contributed by atoms with Gasteiger partial charge in [0.15, 0.2) is 0 Å². The smallest absolute Gasteiger partial charge is 0.00106 e. The maximum atomic E-state index is 3.84. The summed E-state index contributed by atoms with van der Waals surface area (Å²) in [6.07, 6.45) is 12.3. The van der Waals surface area contributed by atoms with Gasteiger partial charge in [0.2, 0.25) is 0 Å². The van der Waals surface area contributed by atoms with Crippen molar-refractivity contribution in [3.05, 3.63) is 0 Å². The molecule has 4 rings (SSSR count). The summed E-state index contributed by atoms with van der Waals surface area (Å²) in [5.74, 6) is 4.40. The third-order valence-electron chi connectivity index (χ3n) is 6.10. The molecule has 2 bridgehead atoms. The fraction of sp³-hybridized carbons (Fsp3) is 1.00. The van der Waals surface area contributed by atoms with Gasteiger partial charge in [-0.3, -0.25) is 0 Å². The van der Waals surface area contributed by atoms with Gasteiger partial charge < -0.3 is 5.32 Å². The predicted octanol–water partition coefficient (Wildman–Crippen LogP) is 3.20. The SMILES string of the molecule is C1CC2CC1CC2CNCC1(C2CC2)CC1. The van der Waals surface area contributed by atoms with Crippen LogP contribution < -0.4 is 5.32 Å². The van der Waals surface area contributed by atoms with Crippen molar-refractivity contribution in [2.45, 2.75) is 51.4 Å². The summed E-state index contributed by atoms with van der Waals surface area (Å²) in [6, 6.07) is 0. The lowest BCUT2D eigenvalue weighted by molar-refractivity contribution is 0.301. The molecular weight excluding hydrogens is 194 g/mol. The fourth-order valence-electron chi connectivity index (χ4n) is 4.72. The zero-order valence-electron chi connectivity index (χ0n) is 10.4. The third-order valence-corrected chi connectivity index (χ3v) is 6.10. The molecule has 0 spiro atoms. The van der Waals surface area contributed by atoms with E-state index in [0.29, 0.717) is 0 Å². The fourth-order valence-corrected chi connectivity index (χ4v) is 4.72. The first-order chi connectivity index (χ1) is 7.86. The van der Waals surface area contributed by atoms with Crippen molar-refractivity contribution in [1.29, 1.82) is 0 Å². The predicted molar refractivity (Wildman–Crippen MR) is 66.2 cm³/mol. The molecule has 0 aromatic rings. The molecule has 90 valence electrons. The van der Waals surface area contributed by atoms with Gasteiger partial charge in [0.25, 0.3) is 0 Å². The topological polar surface area (TPSA) is 12.0 Å². The summed E-state index contributed by atoms with van der Waals surface area (Å²) in [5.41, 5.74) is 0.803. The number of fused-ring (bicyclic) bond motifs is 2. The second-order valence-electron chi connectivity index (χ2n) is 7.20. The van der Waals surface area contributed by atoms with Crippen molar-refractivity contribution < 1.29 is 0 Å². The molecule has 1 heteroatoms. The summed E-state index contributed by atoms with van der Waals surface area (Å²) in [4.78, 5) is 0. The van der Waals surface area contributed by atoms with E-state index in [-0.39, 0.29) is 0 Å². The third kappa shape index (κ3) is 1.63. The molecule has 1 nitrogen and oxygen atoms in total. The van der Waals surface area contributed by atoms with Gasteiger partial charge in [-0.2, -0.15) is 0 Å². The Hall–Kier alpha value is -0.0400. The van der Waals surface area contributed by atoms with Gasteiger partial charge in [0.1, 0.15) is 0 Å². The van der Waals surface area contributed by atoms with Gasteiger partial charge in [0.05, 0.1) is 0 Å². The first-order valence-electron chi connectivity index (χ1n) is 7.56. The van der Waals surface area contributed by atoms with E-state index in [4.69, 9.17) is 0 Å². The summed E-state index contributed by atoms with van der Waals surface area (Å²) in [6.45, 7) is 2.70. The maximum absolute atomic E-state index is 3.84. The number of hydrogen-bond donors (Lipinski definition) is 1. The van der Waals surface area contributed by atoms with Crippen molar-refractivity contribution in [2.75, 3.05) is 13.1 Å². The van der Waals surface area contributed by atoms with E-state index in [1.165, 1.54) is 38.8 Å². The molecule has 0 amide bonds. The van der Waals surface area contributed by atoms with Gasteiger partial charge in [-0.15, -0.1) is 0 Å². The van der Waals surface area contributed by atoms with Crippen LogP contribution in [0.5, 0.6) is 0 Å². The molecular formula is C15H25N. The highest BCUT2D eigenvalue weighted by atomic mass is 14.9. The molecule has 4 aliphatic rings. The van der Waals surface area contributed by atoms with Gasteiger partial charge in [-0.05, 0) is 80.6 Å². The lowest BCUT2D eigenvalue weighted by Gasteiger charge is -2.23. The van der Waals surface area contributed by atoms with Crippen LogP contribution in [0.4, 0.5) is 0 Å². The molecule has 16 heavy (non-hydrogen) atoms. The highest BCUT2D eigenvalue weighted by Crippen LogP contribution is 2.60. The lowest BCUT2D eigenvalue weighted by Crippen LogP contribution is -2.32. The van der Waals surface area contributed by atoms with Gasteiger partial charge in [-0.25, -0.2) is 0 Å². The molecule has 4 aliphatic carbocycles. The Morgan fingerprint density at radius 1 is 1.00 bits per heavy atom. The van der Waals surface area contributed by atoms with Crippen LogP contribution in [-0.4, -0.2) is 13.1 Å². The monoisotopic (exact) mass is 219 g/mol. The second kappa shape index (κ2) is 3.48. The minimum Gasteiger partial charge on any atom is -0.316 e. The summed E-state index contributed by atoms with van der Waals surface area (Å²) < 4.78 is 0. The molecule has 0 radical (unpaired) electrons. The van der Waals surface area contributed by atoms with Gasteiger partial charge in [0, 0.05) is 6.54 Å². The maximum Gasteiger partial charge on any atom is 0.00106 e. The van der Waals surface area contributed by atoms with Crippen LogP contribution in [-0.2, 0) is 0 Å². The second-order valence-corrected chi connectivity index (χ2v) is 7.20. The van der Waals surface area contributed by atoms with Crippen LogP contribution >= 0.6 is 0 Å². The minimum atomic E-state index is 0.803. The summed E-state index contributed by atoms with van der Waals surface area (Å²) in [5, 5.41) is 3.84. The molecule has 4 fully saturated rings. The summed E-state index contributed by atoms with van der Waals surface area (Å²) in [7, 11) is 0. The average Bonchev–Trinajstić information content (AvgIpc) is 3.18. The van der Waals surface area contributed by atoms with Crippen LogP contribution in [0, 0.1) is 29.1 Å². The van der Waals surface area contributed by atoms with Crippen molar-refractivity contribution in [1.82, 2.24) is 5.32 Å². The van der Waals surface area contributed by atoms with Gasteiger partial charge >= 0.3 is 0 Å². The molecule has 3 unspecified atom stereocenters. The largest absolute Gasteiger partial charge is 0.316 e. The molecule has 0 aliphatic heterocycles. The minimum absolute atomic E-state index is 0.803. The Kier molecular flexibility index (Phi) is 2.16. The van der Waals surface area contributed by atoms with E-state index in [0.717, 1.165) is 29.1 Å². The van der Waals surface area contributed by atoms with Gasteiger partial charge in [-0.1, -0.05) is 6.42 Å². The molecule has 0 saturated heterocycles. The standard InChI is InChI=1S/C15H25N/c1-2-12-7-11(1)8-13(12)9-16-10-15(5-6-15)14-3-4-14/h11-14,16H,1-10H2. The van der Waals surface area contributed by atoms with E-state index >= 15 is 0 Å². The molecule has 1 N–H and O–H groups in total. The van der Waals surface area contributed by atoms with E-state index in [1.807, 2.05) is 0 Å². The normalized spacial score (nSPS) is 43.9. The highest BCUT2D eigenvalue weighted by molar-refractivity contribution is 5.05. The van der Waals surface area contributed by atoms with Crippen molar-refractivity contribution in [2.24, 2.45) is 29.1 Å². The van der Waals surface area contributed by atoms with E-state index in [9.17, 15) is 0 Å². The molecule has 0 aromatic carbocycles. The first-order valence-corrected chi connectivity index (χ1v) is 7.56. The molecule has 0 heterocycles. The molecule has 4 saturated carbocycles.